The molecule has 1 saturated heterocycles. The van der Waals surface area contributed by atoms with Gasteiger partial charge in [-0.3, -0.25) is 9.69 Å². The number of nitrogens with zero attached hydrogens (tertiary/aromatic N) is 1. The lowest BCUT2D eigenvalue weighted by molar-refractivity contribution is -0.123. The molecule has 1 unspecified atom stereocenters. The van der Waals surface area contributed by atoms with Gasteiger partial charge in [0.25, 0.3) is 0 Å². The maximum Gasteiger partial charge on any atom is 0.234 e. The SMILES string of the molecule is CCCCNC(=O)CN1CCCCC1CCNC. The van der Waals surface area contributed by atoms with Crippen LogP contribution in [0.1, 0.15) is 45.4 Å². The smallest absolute Gasteiger partial charge is 0.234 e. The normalized spacial score (nSPS) is 20.9. The number of piperidine rings is 1. The van der Waals surface area contributed by atoms with Gasteiger partial charge in [-0.05, 0) is 45.8 Å². The van der Waals surface area contributed by atoms with Crippen molar-refractivity contribution in [1.29, 1.82) is 0 Å². The number of likely N-dealkylation sites (tertiary alicyclic amines) is 1. The maximum atomic E-state index is 11.8. The molecule has 0 aromatic rings. The van der Waals surface area contributed by atoms with Crippen LogP contribution in [0.25, 0.3) is 0 Å². The van der Waals surface area contributed by atoms with E-state index in [1.54, 1.807) is 0 Å². The van der Waals surface area contributed by atoms with Gasteiger partial charge in [0.15, 0.2) is 0 Å². The molecule has 1 atom stereocenters. The van der Waals surface area contributed by atoms with E-state index in [0.29, 0.717) is 12.6 Å². The minimum absolute atomic E-state index is 0.194. The molecule has 18 heavy (non-hydrogen) atoms. The van der Waals surface area contributed by atoms with E-state index in [9.17, 15) is 4.79 Å². The predicted octanol–water partition coefficient (Wildman–Crippen LogP) is 1.37. The number of carbonyl (C=O) groups is 1. The van der Waals surface area contributed by atoms with E-state index in [-0.39, 0.29) is 5.91 Å². The fraction of sp³-hybridized carbons (Fsp3) is 0.929. The zero-order valence-corrected chi connectivity index (χ0v) is 12.0. The average molecular weight is 255 g/mol. The minimum Gasteiger partial charge on any atom is -0.355 e. The molecule has 2 N–H and O–H groups in total. The van der Waals surface area contributed by atoms with E-state index in [1.165, 1.54) is 19.3 Å². The van der Waals surface area contributed by atoms with Crippen molar-refractivity contribution in [3.05, 3.63) is 0 Å². The number of carbonyl (C=O) groups excluding carboxylic acids is 1. The minimum atomic E-state index is 0.194. The monoisotopic (exact) mass is 255 g/mol. The van der Waals surface area contributed by atoms with Gasteiger partial charge in [-0.15, -0.1) is 0 Å². The summed E-state index contributed by atoms with van der Waals surface area (Å²) in [6.07, 6.45) is 7.15. The van der Waals surface area contributed by atoms with Crippen molar-refractivity contribution >= 4 is 5.91 Å². The summed E-state index contributed by atoms with van der Waals surface area (Å²) in [6, 6.07) is 0.586. The molecule has 4 heteroatoms. The van der Waals surface area contributed by atoms with Gasteiger partial charge in [-0.1, -0.05) is 19.8 Å². The van der Waals surface area contributed by atoms with Crippen LogP contribution in [0.5, 0.6) is 0 Å². The molecule has 106 valence electrons. The highest BCUT2D eigenvalue weighted by atomic mass is 16.2. The molecule has 1 amide bonds. The number of rotatable bonds is 8. The Morgan fingerprint density at radius 3 is 2.89 bits per heavy atom. The molecule has 1 aliphatic rings. The molecule has 0 saturated carbocycles. The third-order valence-electron chi connectivity index (χ3n) is 3.68. The van der Waals surface area contributed by atoms with Gasteiger partial charge in [0, 0.05) is 12.6 Å². The average Bonchev–Trinajstić information content (AvgIpc) is 2.38. The summed E-state index contributed by atoms with van der Waals surface area (Å²) in [4.78, 5) is 14.2. The molecular weight excluding hydrogens is 226 g/mol. The lowest BCUT2D eigenvalue weighted by atomic mass is 9.99. The molecule has 0 aromatic heterocycles. The third kappa shape index (κ3) is 5.83. The lowest BCUT2D eigenvalue weighted by Gasteiger charge is -2.35. The van der Waals surface area contributed by atoms with E-state index in [1.807, 2.05) is 7.05 Å². The van der Waals surface area contributed by atoms with Gasteiger partial charge in [0.05, 0.1) is 6.54 Å². The highest BCUT2D eigenvalue weighted by Crippen LogP contribution is 2.18. The molecule has 0 aromatic carbocycles. The summed E-state index contributed by atoms with van der Waals surface area (Å²) in [7, 11) is 1.99. The number of unbranched alkanes of at least 4 members (excludes halogenated alkanes) is 1. The highest BCUT2D eigenvalue weighted by Gasteiger charge is 2.23. The van der Waals surface area contributed by atoms with Crippen LogP contribution in [-0.2, 0) is 4.79 Å². The first-order chi connectivity index (χ1) is 8.77. The van der Waals surface area contributed by atoms with Gasteiger partial charge in [0.1, 0.15) is 0 Å². The molecule has 0 bridgehead atoms. The van der Waals surface area contributed by atoms with Crippen molar-refractivity contribution in [1.82, 2.24) is 15.5 Å². The van der Waals surface area contributed by atoms with Crippen molar-refractivity contribution < 1.29 is 4.79 Å². The maximum absolute atomic E-state index is 11.8. The molecule has 4 nitrogen and oxygen atoms in total. The highest BCUT2D eigenvalue weighted by molar-refractivity contribution is 5.78. The first-order valence-electron chi connectivity index (χ1n) is 7.43. The van der Waals surface area contributed by atoms with E-state index >= 15 is 0 Å². The lowest BCUT2D eigenvalue weighted by Crippen LogP contribution is -2.46. The summed E-state index contributed by atoms with van der Waals surface area (Å²) in [5.74, 6) is 0.194. The Morgan fingerprint density at radius 2 is 2.17 bits per heavy atom. The number of amides is 1. The number of hydrogen-bond acceptors (Lipinski definition) is 3. The summed E-state index contributed by atoms with van der Waals surface area (Å²) >= 11 is 0. The Labute approximate surface area is 111 Å². The van der Waals surface area contributed by atoms with Gasteiger partial charge in [-0.2, -0.15) is 0 Å². The molecule has 0 spiro atoms. The van der Waals surface area contributed by atoms with Crippen LogP contribution in [0.2, 0.25) is 0 Å². The third-order valence-corrected chi connectivity index (χ3v) is 3.68. The summed E-state index contributed by atoms with van der Waals surface area (Å²) in [5.41, 5.74) is 0. The van der Waals surface area contributed by atoms with Crippen LogP contribution in [0.4, 0.5) is 0 Å². The first kappa shape index (κ1) is 15.4. The molecular formula is C14H29N3O. The van der Waals surface area contributed by atoms with Crippen molar-refractivity contribution in [3.8, 4) is 0 Å². The van der Waals surface area contributed by atoms with Gasteiger partial charge in [0.2, 0.25) is 5.91 Å². The molecule has 1 heterocycles. The zero-order chi connectivity index (χ0) is 13.2. The summed E-state index contributed by atoms with van der Waals surface area (Å²) < 4.78 is 0. The molecule has 0 radical (unpaired) electrons. The fourth-order valence-corrected chi connectivity index (χ4v) is 2.55. The number of nitrogens with one attached hydrogen (secondary N) is 2. The van der Waals surface area contributed by atoms with Gasteiger partial charge < -0.3 is 10.6 Å². The quantitative estimate of drug-likeness (QED) is 0.644. The standard InChI is InChI=1S/C14H29N3O/c1-3-4-9-16-14(18)12-17-11-6-5-7-13(17)8-10-15-2/h13,15H,3-12H2,1-2H3,(H,16,18). The van der Waals surface area contributed by atoms with Crippen LogP contribution < -0.4 is 10.6 Å². The van der Waals surface area contributed by atoms with Gasteiger partial charge in [-0.25, -0.2) is 0 Å². The topological polar surface area (TPSA) is 44.4 Å². The van der Waals surface area contributed by atoms with E-state index in [2.05, 4.69) is 22.5 Å². The van der Waals surface area contributed by atoms with Crippen LogP contribution in [0, 0.1) is 0 Å². The Bertz CT molecular complexity index is 233. The van der Waals surface area contributed by atoms with E-state index in [0.717, 1.165) is 38.9 Å². The second-order valence-corrected chi connectivity index (χ2v) is 5.22. The van der Waals surface area contributed by atoms with Gasteiger partial charge >= 0.3 is 0 Å². The second kappa shape index (κ2) is 9.34. The Balaban J connectivity index is 2.29. The predicted molar refractivity (Wildman–Crippen MR) is 75.7 cm³/mol. The first-order valence-corrected chi connectivity index (χ1v) is 7.43. The van der Waals surface area contributed by atoms with Crippen molar-refractivity contribution in [2.45, 2.75) is 51.5 Å². The Morgan fingerprint density at radius 1 is 1.33 bits per heavy atom. The van der Waals surface area contributed by atoms with Crippen LogP contribution in [0.15, 0.2) is 0 Å². The fourth-order valence-electron chi connectivity index (χ4n) is 2.55. The van der Waals surface area contributed by atoms with E-state index < -0.39 is 0 Å². The van der Waals surface area contributed by atoms with Crippen molar-refractivity contribution in [2.75, 3.05) is 33.2 Å². The molecule has 0 aliphatic carbocycles. The summed E-state index contributed by atoms with van der Waals surface area (Å²) in [6.45, 7) is 5.67. The van der Waals surface area contributed by atoms with Crippen LogP contribution in [-0.4, -0.2) is 50.1 Å². The summed E-state index contributed by atoms with van der Waals surface area (Å²) in [5, 5.41) is 6.21. The Hall–Kier alpha value is -0.610. The van der Waals surface area contributed by atoms with Crippen molar-refractivity contribution in [3.63, 3.8) is 0 Å². The van der Waals surface area contributed by atoms with E-state index in [4.69, 9.17) is 0 Å². The van der Waals surface area contributed by atoms with Crippen LogP contribution in [0.3, 0.4) is 0 Å². The molecule has 1 rings (SSSR count). The van der Waals surface area contributed by atoms with Crippen LogP contribution >= 0.6 is 0 Å². The number of hydrogen-bond donors (Lipinski definition) is 2. The molecule has 1 aliphatic heterocycles. The second-order valence-electron chi connectivity index (χ2n) is 5.22. The Kier molecular flexibility index (Phi) is 8.01. The molecule has 1 fully saturated rings. The largest absolute Gasteiger partial charge is 0.355 e. The zero-order valence-electron chi connectivity index (χ0n) is 12.0. The van der Waals surface area contributed by atoms with Crippen molar-refractivity contribution in [2.24, 2.45) is 0 Å².